The van der Waals surface area contributed by atoms with Gasteiger partial charge in [0.2, 0.25) is 0 Å². The Labute approximate surface area is 104 Å². The lowest BCUT2D eigenvalue weighted by Crippen LogP contribution is -2.10. The van der Waals surface area contributed by atoms with Gasteiger partial charge < -0.3 is 15.3 Å². The lowest BCUT2D eigenvalue weighted by Gasteiger charge is -2.04. The predicted octanol–water partition coefficient (Wildman–Crippen LogP) is 3.22. The lowest BCUT2D eigenvalue weighted by atomic mass is 10.1. The molecule has 0 aliphatic heterocycles. The summed E-state index contributed by atoms with van der Waals surface area (Å²) in [7, 11) is 0. The molecule has 17 heavy (non-hydrogen) atoms. The Morgan fingerprint density at radius 1 is 1.12 bits per heavy atom. The van der Waals surface area contributed by atoms with Gasteiger partial charge >= 0.3 is 0 Å². The smallest absolute Gasteiger partial charge is 0.119 e. The predicted molar refractivity (Wildman–Crippen MR) is 70.4 cm³/mol. The number of phenols is 2. The summed E-state index contributed by atoms with van der Waals surface area (Å²) < 4.78 is 0. The topological polar surface area (TPSA) is 60.7 Å². The summed E-state index contributed by atoms with van der Waals surface area (Å²) in [5.41, 5.74) is 0.330. The molecule has 0 radical (unpaired) electrons. The van der Waals surface area contributed by atoms with E-state index in [-0.39, 0.29) is 11.5 Å². The zero-order valence-electron chi connectivity index (χ0n) is 11.2. The van der Waals surface area contributed by atoms with E-state index in [4.69, 9.17) is 10.2 Å². The molecule has 0 aliphatic carbocycles. The van der Waals surface area contributed by atoms with Gasteiger partial charge in [-0.3, -0.25) is 0 Å². The van der Waals surface area contributed by atoms with Gasteiger partial charge in [-0.2, -0.15) is 0 Å². The Morgan fingerprint density at radius 3 is 2.12 bits per heavy atom. The van der Waals surface area contributed by atoms with E-state index in [0.717, 1.165) is 24.8 Å². The SMILES string of the molecule is CC(C)(C)O.CCCCc1cc(O)ccc1O. The molecule has 3 heteroatoms. The van der Waals surface area contributed by atoms with Crippen LogP contribution in [0.25, 0.3) is 0 Å². The number of unbranched alkanes of at least 4 members (excludes halogenated alkanes) is 1. The van der Waals surface area contributed by atoms with Crippen molar-refractivity contribution in [2.45, 2.75) is 52.6 Å². The van der Waals surface area contributed by atoms with E-state index in [1.54, 1.807) is 26.8 Å². The first-order valence-corrected chi connectivity index (χ1v) is 5.97. The number of phenolic OH excluding ortho intramolecular Hbond substituents is 2. The number of hydrogen-bond donors (Lipinski definition) is 3. The minimum Gasteiger partial charge on any atom is -0.508 e. The molecular formula is C14H24O3. The van der Waals surface area contributed by atoms with Crippen LogP contribution < -0.4 is 0 Å². The standard InChI is InChI=1S/C10H14O2.C4H10O/c1-2-3-4-8-7-9(11)5-6-10(8)12;1-4(2,3)5/h5-7,11-12H,2-4H2,1H3;5H,1-3H3. The average molecular weight is 240 g/mol. The maximum absolute atomic E-state index is 9.35. The molecule has 0 bridgehead atoms. The average Bonchev–Trinajstić information content (AvgIpc) is 2.17. The number of rotatable bonds is 3. The third-order valence-electron chi connectivity index (χ3n) is 1.86. The highest BCUT2D eigenvalue weighted by Gasteiger charge is 2.00. The van der Waals surface area contributed by atoms with Gasteiger partial charge in [0.1, 0.15) is 11.5 Å². The van der Waals surface area contributed by atoms with E-state index in [1.807, 2.05) is 0 Å². The first-order chi connectivity index (χ1) is 7.74. The van der Waals surface area contributed by atoms with Crippen molar-refractivity contribution in [3.8, 4) is 11.5 Å². The summed E-state index contributed by atoms with van der Waals surface area (Å²) >= 11 is 0. The van der Waals surface area contributed by atoms with E-state index in [0.29, 0.717) is 0 Å². The second-order valence-corrected chi connectivity index (χ2v) is 5.09. The van der Waals surface area contributed by atoms with Crippen molar-refractivity contribution in [2.24, 2.45) is 0 Å². The molecule has 0 saturated carbocycles. The molecule has 1 aromatic rings. The Balaban J connectivity index is 0.000000437. The van der Waals surface area contributed by atoms with Crippen LogP contribution in [0.5, 0.6) is 11.5 Å². The van der Waals surface area contributed by atoms with Crippen LogP contribution in [0.15, 0.2) is 18.2 Å². The van der Waals surface area contributed by atoms with Crippen molar-refractivity contribution in [1.82, 2.24) is 0 Å². The van der Waals surface area contributed by atoms with Crippen LogP contribution in [0, 0.1) is 0 Å². The quantitative estimate of drug-likeness (QED) is 0.711. The Hall–Kier alpha value is -1.22. The van der Waals surface area contributed by atoms with E-state index in [2.05, 4.69) is 6.92 Å². The zero-order valence-corrected chi connectivity index (χ0v) is 11.2. The molecule has 0 aliphatic rings. The fourth-order valence-electron chi connectivity index (χ4n) is 1.14. The molecule has 0 atom stereocenters. The number of benzene rings is 1. The number of hydrogen-bond acceptors (Lipinski definition) is 3. The highest BCUT2D eigenvalue weighted by atomic mass is 16.3. The van der Waals surface area contributed by atoms with Crippen LogP contribution in [0.2, 0.25) is 0 Å². The third-order valence-corrected chi connectivity index (χ3v) is 1.86. The van der Waals surface area contributed by atoms with E-state index in [1.165, 1.54) is 12.1 Å². The summed E-state index contributed by atoms with van der Waals surface area (Å²) in [4.78, 5) is 0. The molecule has 0 spiro atoms. The molecule has 3 N–H and O–H groups in total. The summed E-state index contributed by atoms with van der Waals surface area (Å²) in [6, 6.07) is 4.64. The van der Waals surface area contributed by atoms with Crippen molar-refractivity contribution in [3.05, 3.63) is 23.8 Å². The number of aliphatic hydroxyl groups is 1. The van der Waals surface area contributed by atoms with Crippen LogP contribution >= 0.6 is 0 Å². The zero-order chi connectivity index (χ0) is 13.5. The minimum atomic E-state index is -0.500. The molecule has 0 amide bonds. The molecule has 0 aromatic heterocycles. The van der Waals surface area contributed by atoms with Crippen LogP contribution in [-0.2, 0) is 6.42 Å². The van der Waals surface area contributed by atoms with Gasteiger partial charge in [0.25, 0.3) is 0 Å². The largest absolute Gasteiger partial charge is 0.508 e. The second-order valence-electron chi connectivity index (χ2n) is 5.09. The lowest BCUT2D eigenvalue weighted by molar-refractivity contribution is 0.102. The molecule has 0 saturated heterocycles. The maximum Gasteiger partial charge on any atom is 0.119 e. The van der Waals surface area contributed by atoms with Gasteiger partial charge in [-0.1, -0.05) is 13.3 Å². The highest BCUT2D eigenvalue weighted by Crippen LogP contribution is 2.23. The second kappa shape index (κ2) is 7.17. The van der Waals surface area contributed by atoms with E-state index >= 15 is 0 Å². The van der Waals surface area contributed by atoms with Gasteiger partial charge in [-0.15, -0.1) is 0 Å². The van der Waals surface area contributed by atoms with Crippen LogP contribution in [0.4, 0.5) is 0 Å². The normalized spacial score (nSPS) is 10.6. The Morgan fingerprint density at radius 2 is 1.65 bits per heavy atom. The van der Waals surface area contributed by atoms with Gasteiger partial charge in [0.05, 0.1) is 5.60 Å². The van der Waals surface area contributed by atoms with Crippen molar-refractivity contribution in [3.63, 3.8) is 0 Å². The van der Waals surface area contributed by atoms with Gasteiger partial charge in [-0.05, 0) is 57.4 Å². The molecule has 1 rings (SSSR count). The molecule has 98 valence electrons. The van der Waals surface area contributed by atoms with Crippen molar-refractivity contribution >= 4 is 0 Å². The highest BCUT2D eigenvalue weighted by molar-refractivity contribution is 5.38. The minimum absolute atomic E-state index is 0.221. The van der Waals surface area contributed by atoms with Gasteiger partial charge in [0.15, 0.2) is 0 Å². The maximum atomic E-state index is 9.35. The van der Waals surface area contributed by atoms with Gasteiger partial charge in [0, 0.05) is 0 Å². The number of aromatic hydroxyl groups is 2. The van der Waals surface area contributed by atoms with Gasteiger partial charge in [-0.25, -0.2) is 0 Å². The molecular weight excluding hydrogens is 216 g/mol. The van der Waals surface area contributed by atoms with Crippen molar-refractivity contribution in [1.29, 1.82) is 0 Å². The van der Waals surface area contributed by atoms with Crippen molar-refractivity contribution in [2.75, 3.05) is 0 Å². The molecule has 3 nitrogen and oxygen atoms in total. The first kappa shape index (κ1) is 15.8. The summed E-state index contributed by atoms with van der Waals surface area (Å²) in [6.07, 6.45) is 2.96. The summed E-state index contributed by atoms with van der Waals surface area (Å²) in [5.74, 6) is 0.500. The first-order valence-electron chi connectivity index (χ1n) is 5.97. The fraction of sp³-hybridized carbons (Fsp3) is 0.571. The molecule has 0 fully saturated rings. The molecule has 0 unspecified atom stereocenters. The van der Waals surface area contributed by atoms with E-state index in [9.17, 15) is 5.11 Å². The number of aryl methyl sites for hydroxylation is 1. The van der Waals surface area contributed by atoms with Crippen molar-refractivity contribution < 1.29 is 15.3 Å². The van der Waals surface area contributed by atoms with Crippen LogP contribution in [0.1, 0.15) is 46.1 Å². The molecule has 1 aromatic carbocycles. The fourth-order valence-corrected chi connectivity index (χ4v) is 1.14. The summed E-state index contributed by atoms with van der Waals surface area (Å²) in [5, 5.41) is 27.0. The van der Waals surface area contributed by atoms with Crippen LogP contribution in [0.3, 0.4) is 0 Å². The van der Waals surface area contributed by atoms with E-state index < -0.39 is 5.60 Å². The van der Waals surface area contributed by atoms with Crippen LogP contribution in [-0.4, -0.2) is 20.9 Å². The Bertz CT molecular complexity index is 321. The molecule has 0 heterocycles. The third kappa shape index (κ3) is 9.69. The Kier molecular flexibility index (Phi) is 6.66. The summed E-state index contributed by atoms with van der Waals surface area (Å²) in [6.45, 7) is 7.33. The monoisotopic (exact) mass is 240 g/mol.